The number of nitrogens with zero attached hydrogens (tertiary/aromatic N) is 2. The fourth-order valence-corrected chi connectivity index (χ4v) is 3.56. The maximum atomic E-state index is 13.0. The van der Waals surface area contributed by atoms with Crippen molar-refractivity contribution in [2.24, 2.45) is 0 Å². The molecule has 0 unspecified atom stereocenters. The van der Waals surface area contributed by atoms with Crippen LogP contribution in [0.25, 0.3) is 10.6 Å². The molecule has 0 radical (unpaired) electrons. The van der Waals surface area contributed by atoms with Gasteiger partial charge in [0.25, 0.3) is 0 Å². The quantitative estimate of drug-likeness (QED) is 0.943. The van der Waals surface area contributed by atoms with Crippen LogP contribution < -0.4 is 0 Å². The van der Waals surface area contributed by atoms with Crippen LogP contribution in [0.4, 0.5) is 4.39 Å². The molecule has 0 saturated heterocycles. The molecule has 21 heavy (non-hydrogen) atoms. The van der Waals surface area contributed by atoms with Gasteiger partial charge in [0.2, 0.25) is 0 Å². The lowest BCUT2D eigenvalue weighted by Crippen LogP contribution is -2.31. The third kappa shape index (κ3) is 3.28. The summed E-state index contributed by atoms with van der Waals surface area (Å²) in [5.41, 5.74) is 2.01. The number of halogens is 1. The van der Waals surface area contributed by atoms with Crippen LogP contribution in [0.2, 0.25) is 0 Å². The molecule has 0 spiro atoms. The highest BCUT2D eigenvalue weighted by atomic mass is 32.1. The van der Waals surface area contributed by atoms with Crippen LogP contribution in [0.15, 0.2) is 24.3 Å². The molecule has 0 fully saturated rings. The molecule has 110 valence electrons. The minimum absolute atomic E-state index is 0.166. The van der Waals surface area contributed by atoms with E-state index in [4.69, 9.17) is 5.11 Å². The van der Waals surface area contributed by atoms with E-state index >= 15 is 0 Å². The number of carbonyl (C=O) groups is 1. The maximum Gasteiger partial charge on any atom is 0.304 e. The Morgan fingerprint density at radius 3 is 2.86 bits per heavy atom. The molecule has 2 heterocycles. The number of aromatic nitrogens is 1. The molecule has 0 aliphatic carbocycles. The summed E-state index contributed by atoms with van der Waals surface area (Å²) in [7, 11) is 0. The normalized spacial score (nSPS) is 14.9. The Morgan fingerprint density at radius 1 is 1.38 bits per heavy atom. The van der Waals surface area contributed by atoms with Gasteiger partial charge in [0, 0.05) is 36.5 Å². The van der Waals surface area contributed by atoms with Gasteiger partial charge in [0.05, 0.1) is 12.1 Å². The summed E-state index contributed by atoms with van der Waals surface area (Å²) in [4.78, 5) is 18.6. The first kappa shape index (κ1) is 14.2. The van der Waals surface area contributed by atoms with Crippen LogP contribution in [0, 0.1) is 5.82 Å². The predicted octanol–water partition coefficient (Wildman–Crippen LogP) is 2.78. The van der Waals surface area contributed by atoms with E-state index in [1.165, 1.54) is 17.0 Å². The minimum Gasteiger partial charge on any atom is -0.481 e. The fourth-order valence-electron chi connectivity index (χ4n) is 2.41. The summed E-state index contributed by atoms with van der Waals surface area (Å²) in [6.45, 7) is 2.16. The van der Waals surface area contributed by atoms with Crippen molar-refractivity contribution in [1.29, 1.82) is 0 Å². The molecule has 1 aliphatic heterocycles. The fraction of sp³-hybridized carbons (Fsp3) is 0.333. The summed E-state index contributed by atoms with van der Waals surface area (Å²) in [5.74, 6) is -1.02. The highest BCUT2D eigenvalue weighted by Crippen LogP contribution is 2.31. The lowest BCUT2D eigenvalue weighted by Gasteiger charge is -2.24. The van der Waals surface area contributed by atoms with Gasteiger partial charge >= 0.3 is 5.97 Å². The van der Waals surface area contributed by atoms with Crippen LogP contribution in [0.1, 0.15) is 17.0 Å². The zero-order valence-electron chi connectivity index (χ0n) is 11.4. The highest BCUT2D eigenvalue weighted by Gasteiger charge is 2.21. The first-order chi connectivity index (χ1) is 10.1. The molecular formula is C15H15FN2O2S. The van der Waals surface area contributed by atoms with E-state index in [2.05, 4.69) is 9.88 Å². The van der Waals surface area contributed by atoms with Gasteiger partial charge < -0.3 is 5.11 Å². The van der Waals surface area contributed by atoms with Gasteiger partial charge in [-0.2, -0.15) is 0 Å². The van der Waals surface area contributed by atoms with E-state index in [-0.39, 0.29) is 12.2 Å². The minimum atomic E-state index is -0.767. The number of benzene rings is 1. The lowest BCUT2D eigenvalue weighted by atomic mass is 10.1. The van der Waals surface area contributed by atoms with Crippen molar-refractivity contribution in [2.45, 2.75) is 19.4 Å². The summed E-state index contributed by atoms with van der Waals surface area (Å²) < 4.78 is 13.0. The molecule has 2 aromatic rings. The van der Waals surface area contributed by atoms with Gasteiger partial charge in [-0.1, -0.05) is 0 Å². The second-order valence-corrected chi connectivity index (χ2v) is 6.15. The van der Waals surface area contributed by atoms with Crippen molar-refractivity contribution < 1.29 is 14.3 Å². The molecule has 6 heteroatoms. The zero-order chi connectivity index (χ0) is 14.8. The molecule has 1 N–H and O–H groups in total. The largest absolute Gasteiger partial charge is 0.481 e. The van der Waals surface area contributed by atoms with Gasteiger partial charge in [-0.25, -0.2) is 9.37 Å². The highest BCUT2D eigenvalue weighted by molar-refractivity contribution is 7.15. The third-order valence-electron chi connectivity index (χ3n) is 3.54. The van der Waals surface area contributed by atoms with Gasteiger partial charge in [-0.15, -0.1) is 11.3 Å². The topological polar surface area (TPSA) is 53.4 Å². The number of rotatable bonds is 4. The number of carboxylic acids is 1. The molecule has 1 aromatic heterocycles. The monoisotopic (exact) mass is 306 g/mol. The van der Waals surface area contributed by atoms with Gasteiger partial charge in [-0.05, 0) is 24.3 Å². The summed E-state index contributed by atoms with van der Waals surface area (Å²) in [6, 6.07) is 6.35. The molecule has 0 amide bonds. The van der Waals surface area contributed by atoms with E-state index < -0.39 is 5.97 Å². The molecule has 0 atom stereocenters. The average Bonchev–Trinajstić information content (AvgIpc) is 2.88. The number of hydrogen-bond donors (Lipinski definition) is 1. The number of fused-ring (bicyclic) bond motifs is 1. The van der Waals surface area contributed by atoms with E-state index in [1.54, 1.807) is 23.5 Å². The maximum absolute atomic E-state index is 13.0. The van der Waals surface area contributed by atoms with Crippen LogP contribution in [0.5, 0.6) is 0 Å². The van der Waals surface area contributed by atoms with E-state index in [9.17, 15) is 9.18 Å². The summed E-state index contributed by atoms with van der Waals surface area (Å²) >= 11 is 1.61. The smallest absolute Gasteiger partial charge is 0.304 e. The Kier molecular flexibility index (Phi) is 3.98. The molecule has 0 bridgehead atoms. The Morgan fingerprint density at radius 2 is 2.14 bits per heavy atom. The van der Waals surface area contributed by atoms with Gasteiger partial charge in [0.15, 0.2) is 0 Å². The number of thiazole rings is 1. The molecule has 0 saturated carbocycles. The number of aliphatic carboxylic acids is 1. The molecular weight excluding hydrogens is 291 g/mol. The Balaban J connectivity index is 1.75. The van der Waals surface area contributed by atoms with Crippen molar-refractivity contribution in [3.05, 3.63) is 40.7 Å². The van der Waals surface area contributed by atoms with Gasteiger partial charge in [-0.3, -0.25) is 9.69 Å². The van der Waals surface area contributed by atoms with E-state index in [0.29, 0.717) is 6.54 Å². The standard InChI is InChI=1S/C15H15FN2O2S/c16-11-3-1-10(2-4-11)15-17-12-5-7-18(8-6-14(19)20)9-13(12)21-15/h1-4H,5-9H2,(H,19,20). The third-order valence-corrected chi connectivity index (χ3v) is 4.67. The van der Waals surface area contributed by atoms with Gasteiger partial charge in [0.1, 0.15) is 10.8 Å². The first-order valence-corrected chi connectivity index (χ1v) is 7.62. The number of carboxylic acid groups (broad SMARTS) is 1. The molecule has 1 aromatic carbocycles. The SMILES string of the molecule is O=C(O)CCN1CCc2nc(-c3ccc(F)cc3)sc2C1. The first-order valence-electron chi connectivity index (χ1n) is 6.80. The second kappa shape index (κ2) is 5.91. The second-order valence-electron chi connectivity index (χ2n) is 5.07. The van der Waals surface area contributed by atoms with E-state index in [1.807, 2.05) is 0 Å². The van der Waals surface area contributed by atoms with Crippen LogP contribution in [-0.2, 0) is 17.8 Å². The van der Waals surface area contributed by atoms with Crippen molar-refractivity contribution in [3.8, 4) is 10.6 Å². The predicted molar refractivity (Wildman–Crippen MR) is 78.7 cm³/mol. The average molecular weight is 306 g/mol. The Labute approximate surface area is 125 Å². The zero-order valence-corrected chi connectivity index (χ0v) is 12.2. The number of hydrogen-bond acceptors (Lipinski definition) is 4. The van der Waals surface area contributed by atoms with Crippen LogP contribution >= 0.6 is 11.3 Å². The Hall–Kier alpha value is -1.79. The summed E-state index contributed by atoms with van der Waals surface area (Å²) in [6.07, 6.45) is 1.01. The van der Waals surface area contributed by atoms with Crippen LogP contribution in [-0.4, -0.2) is 34.0 Å². The molecule has 1 aliphatic rings. The Bertz CT molecular complexity index is 654. The van der Waals surface area contributed by atoms with E-state index in [0.717, 1.165) is 35.8 Å². The van der Waals surface area contributed by atoms with Crippen molar-refractivity contribution in [3.63, 3.8) is 0 Å². The van der Waals surface area contributed by atoms with Crippen LogP contribution in [0.3, 0.4) is 0 Å². The van der Waals surface area contributed by atoms with Crippen molar-refractivity contribution in [2.75, 3.05) is 13.1 Å². The van der Waals surface area contributed by atoms with Crippen molar-refractivity contribution >= 4 is 17.3 Å². The lowest BCUT2D eigenvalue weighted by molar-refractivity contribution is -0.137. The van der Waals surface area contributed by atoms with Crippen molar-refractivity contribution in [1.82, 2.24) is 9.88 Å². The summed E-state index contributed by atoms with van der Waals surface area (Å²) in [5, 5.41) is 9.65. The molecule has 4 nitrogen and oxygen atoms in total. The molecule has 3 rings (SSSR count).